The van der Waals surface area contributed by atoms with Gasteiger partial charge in [-0.15, -0.1) is 0 Å². The molecule has 106 valence electrons. The van der Waals surface area contributed by atoms with Crippen LogP contribution in [0.4, 0.5) is 11.4 Å². The van der Waals surface area contributed by atoms with Gasteiger partial charge in [-0.25, -0.2) is 0 Å². The molecule has 20 heavy (non-hydrogen) atoms. The smallest absolute Gasteiger partial charge is 0.143 e. The number of benzene rings is 2. The van der Waals surface area contributed by atoms with Crippen LogP contribution in [0.1, 0.15) is 11.1 Å². The lowest BCUT2D eigenvalue weighted by atomic mass is 10.2. The van der Waals surface area contributed by atoms with Crippen LogP contribution in [0.25, 0.3) is 0 Å². The molecule has 1 atom stereocenters. The van der Waals surface area contributed by atoms with Gasteiger partial charge >= 0.3 is 0 Å². The largest absolute Gasteiger partial charge is 0.755 e. The summed E-state index contributed by atoms with van der Waals surface area (Å²) in [5.74, 6) is 0.523. The number of aryl methyl sites for hydroxylation is 2. The Kier molecular flexibility index (Phi) is 4.42. The van der Waals surface area contributed by atoms with Crippen LogP contribution in [-0.2, 0) is 11.3 Å². The maximum Gasteiger partial charge on any atom is 0.143 e. The SMILES string of the molecule is COc1cc(C)ccc1N(c1ccc(C)cc1)S(=O)[O-]. The van der Waals surface area contributed by atoms with Crippen molar-refractivity contribution in [2.75, 3.05) is 11.4 Å². The molecule has 0 bridgehead atoms. The number of nitrogens with zero attached hydrogens (tertiary/aromatic N) is 1. The van der Waals surface area contributed by atoms with Crippen LogP contribution in [0.3, 0.4) is 0 Å². The van der Waals surface area contributed by atoms with Crippen molar-refractivity contribution in [3.05, 3.63) is 53.6 Å². The van der Waals surface area contributed by atoms with Gasteiger partial charge in [0.05, 0.1) is 29.8 Å². The van der Waals surface area contributed by atoms with Crippen LogP contribution < -0.4 is 9.04 Å². The number of methoxy groups -OCH3 is 1. The second-order valence-electron chi connectivity index (χ2n) is 4.52. The van der Waals surface area contributed by atoms with E-state index < -0.39 is 11.3 Å². The zero-order chi connectivity index (χ0) is 14.7. The van der Waals surface area contributed by atoms with E-state index in [-0.39, 0.29) is 0 Å². The molecular weight excluding hydrogens is 274 g/mol. The van der Waals surface area contributed by atoms with Crippen LogP contribution in [0, 0.1) is 13.8 Å². The summed E-state index contributed by atoms with van der Waals surface area (Å²) >= 11 is -2.43. The van der Waals surface area contributed by atoms with Crippen molar-refractivity contribution in [3.8, 4) is 5.75 Å². The molecule has 0 aromatic heterocycles. The fourth-order valence-corrected chi connectivity index (χ4v) is 2.54. The summed E-state index contributed by atoms with van der Waals surface area (Å²) in [6.07, 6.45) is 0. The molecule has 0 amide bonds. The molecule has 0 saturated carbocycles. The van der Waals surface area contributed by atoms with Crippen LogP contribution in [0.15, 0.2) is 42.5 Å². The van der Waals surface area contributed by atoms with Crippen molar-refractivity contribution in [2.24, 2.45) is 0 Å². The van der Waals surface area contributed by atoms with Crippen molar-refractivity contribution in [1.82, 2.24) is 0 Å². The first kappa shape index (κ1) is 14.6. The van der Waals surface area contributed by atoms with Crippen LogP contribution in [0.5, 0.6) is 5.75 Å². The Bertz CT molecular complexity index is 626. The van der Waals surface area contributed by atoms with E-state index in [1.165, 1.54) is 11.4 Å². The first-order valence-corrected chi connectivity index (χ1v) is 7.17. The minimum absolute atomic E-state index is 0.496. The maximum absolute atomic E-state index is 11.6. The molecule has 2 aromatic rings. The lowest BCUT2D eigenvalue weighted by Gasteiger charge is -2.28. The zero-order valence-electron chi connectivity index (χ0n) is 11.6. The van der Waals surface area contributed by atoms with Crippen molar-refractivity contribution >= 4 is 22.6 Å². The number of hydrogen-bond acceptors (Lipinski definition) is 3. The van der Waals surface area contributed by atoms with Gasteiger partial charge in [0.25, 0.3) is 0 Å². The Morgan fingerprint density at radius 1 is 1.05 bits per heavy atom. The van der Waals surface area contributed by atoms with Gasteiger partial charge in [-0.05, 0) is 43.7 Å². The van der Waals surface area contributed by atoms with E-state index in [2.05, 4.69) is 0 Å². The summed E-state index contributed by atoms with van der Waals surface area (Å²) in [5, 5.41) is 0. The normalized spacial score (nSPS) is 12.0. The molecule has 0 spiro atoms. The highest BCUT2D eigenvalue weighted by molar-refractivity contribution is 7.81. The van der Waals surface area contributed by atoms with E-state index in [0.717, 1.165) is 11.1 Å². The Morgan fingerprint density at radius 2 is 1.65 bits per heavy atom. The van der Waals surface area contributed by atoms with Crippen LogP contribution in [-0.4, -0.2) is 15.9 Å². The molecule has 0 heterocycles. The highest BCUT2D eigenvalue weighted by Crippen LogP contribution is 2.35. The number of ether oxygens (including phenoxy) is 1. The quantitative estimate of drug-likeness (QED) is 0.812. The lowest BCUT2D eigenvalue weighted by molar-refractivity contribution is 0.415. The fourth-order valence-electron chi connectivity index (χ4n) is 1.94. The molecule has 2 aromatic carbocycles. The Morgan fingerprint density at radius 3 is 2.20 bits per heavy atom. The molecule has 0 saturated heterocycles. The van der Waals surface area contributed by atoms with E-state index in [4.69, 9.17) is 4.74 Å². The summed E-state index contributed by atoms with van der Waals surface area (Å²) < 4.78 is 29.7. The van der Waals surface area contributed by atoms with Gasteiger partial charge in [0.15, 0.2) is 0 Å². The first-order chi connectivity index (χ1) is 9.52. The van der Waals surface area contributed by atoms with Gasteiger partial charge in [0, 0.05) is 0 Å². The Balaban J connectivity index is 2.54. The number of anilines is 2. The van der Waals surface area contributed by atoms with Gasteiger partial charge in [-0.1, -0.05) is 23.8 Å². The minimum Gasteiger partial charge on any atom is -0.755 e. The van der Waals surface area contributed by atoms with Gasteiger partial charge in [-0.2, -0.15) is 0 Å². The van der Waals surface area contributed by atoms with Gasteiger partial charge in [0.1, 0.15) is 5.75 Å². The second kappa shape index (κ2) is 6.07. The average Bonchev–Trinajstić information content (AvgIpc) is 2.42. The van der Waals surface area contributed by atoms with E-state index in [9.17, 15) is 8.76 Å². The highest BCUT2D eigenvalue weighted by Gasteiger charge is 2.15. The van der Waals surface area contributed by atoms with Crippen molar-refractivity contribution in [1.29, 1.82) is 0 Å². The van der Waals surface area contributed by atoms with Crippen LogP contribution >= 0.6 is 0 Å². The van der Waals surface area contributed by atoms with Crippen molar-refractivity contribution in [2.45, 2.75) is 13.8 Å². The van der Waals surface area contributed by atoms with E-state index in [0.29, 0.717) is 17.1 Å². The Hall–Kier alpha value is -1.85. The highest BCUT2D eigenvalue weighted by atomic mass is 32.2. The minimum atomic E-state index is -2.43. The molecule has 1 unspecified atom stereocenters. The van der Waals surface area contributed by atoms with E-state index >= 15 is 0 Å². The fraction of sp³-hybridized carbons (Fsp3) is 0.200. The standard InChI is InChI=1S/C15H17NO3S/c1-11-4-7-13(8-5-11)16(20(17)18)14-9-6-12(2)10-15(14)19-3/h4-10H,1-3H3,(H,17,18)/p-1. The predicted molar refractivity (Wildman–Crippen MR) is 80.0 cm³/mol. The first-order valence-electron chi connectivity index (χ1n) is 6.13. The molecule has 5 heteroatoms. The summed E-state index contributed by atoms with van der Waals surface area (Å²) in [5.41, 5.74) is 3.15. The third kappa shape index (κ3) is 3.00. The molecule has 0 radical (unpaired) electrons. The molecule has 0 N–H and O–H groups in total. The maximum atomic E-state index is 11.6. The molecule has 2 rings (SSSR count). The molecule has 0 aliphatic carbocycles. The Labute approximate surface area is 121 Å². The summed E-state index contributed by atoms with van der Waals surface area (Å²) in [6, 6.07) is 12.7. The molecular formula is C15H16NO3S-. The molecule has 0 aliphatic rings. The van der Waals surface area contributed by atoms with Gasteiger partial charge < -0.3 is 9.29 Å². The number of rotatable bonds is 4. The van der Waals surface area contributed by atoms with E-state index in [1.54, 1.807) is 18.2 Å². The second-order valence-corrected chi connectivity index (χ2v) is 5.32. The van der Waals surface area contributed by atoms with Crippen molar-refractivity contribution in [3.63, 3.8) is 0 Å². The summed E-state index contributed by atoms with van der Waals surface area (Å²) in [7, 11) is 1.53. The summed E-state index contributed by atoms with van der Waals surface area (Å²) in [4.78, 5) is 0. The molecule has 0 fully saturated rings. The van der Waals surface area contributed by atoms with Crippen LogP contribution in [0.2, 0.25) is 0 Å². The average molecular weight is 290 g/mol. The number of hydrogen-bond donors (Lipinski definition) is 0. The molecule has 0 aliphatic heterocycles. The predicted octanol–water partition coefficient (Wildman–Crippen LogP) is 3.24. The monoisotopic (exact) mass is 290 g/mol. The lowest BCUT2D eigenvalue weighted by Crippen LogP contribution is -2.20. The molecule has 4 nitrogen and oxygen atoms in total. The summed E-state index contributed by atoms with van der Waals surface area (Å²) in [6.45, 7) is 3.88. The van der Waals surface area contributed by atoms with Crippen molar-refractivity contribution < 1.29 is 13.5 Å². The third-order valence-corrected chi connectivity index (χ3v) is 3.68. The van der Waals surface area contributed by atoms with Gasteiger partial charge in [-0.3, -0.25) is 8.51 Å². The van der Waals surface area contributed by atoms with Gasteiger partial charge in [0.2, 0.25) is 0 Å². The third-order valence-electron chi connectivity index (χ3n) is 2.97. The zero-order valence-corrected chi connectivity index (χ0v) is 12.4. The topological polar surface area (TPSA) is 52.6 Å². The van der Waals surface area contributed by atoms with E-state index in [1.807, 2.05) is 38.1 Å².